The highest BCUT2D eigenvalue weighted by Gasteiger charge is 2.23. The second kappa shape index (κ2) is 5.22. The summed E-state index contributed by atoms with van der Waals surface area (Å²) in [6.45, 7) is 6.38. The van der Waals surface area contributed by atoms with Crippen LogP contribution in [0, 0.1) is 0 Å². The predicted molar refractivity (Wildman–Crippen MR) is 81.3 cm³/mol. The van der Waals surface area contributed by atoms with Crippen molar-refractivity contribution in [2.24, 2.45) is 7.05 Å². The molecule has 4 nitrogen and oxygen atoms in total. The molecule has 0 radical (unpaired) electrons. The zero-order chi connectivity index (χ0) is 13.5. The second-order valence-corrected chi connectivity index (χ2v) is 9.04. The van der Waals surface area contributed by atoms with Crippen molar-refractivity contribution < 1.29 is 0 Å². The summed E-state index contributed by atoms with van der Waals surface area (Å²) >= 11 is 9.92. The van der Waals surface area contributed by atoms with Crippen LogP contribution >= 0.6 is 55.0 Å². The van der Waals surface area contributed by atoms with Gasteiger partial charge < -0.3 is 4.57 Å². The van der Waals surface area contributed by atoms with Gasteiger partial charge in [-0.05, 0) is 43.6 Å². The summed E-state index contributed by atoms with van der Waals surface area (Å²) in [7, 11) is 1.99. The Balaban J connectivity index is 2.28. The fourth-order valence-corrected chi connectivity index (χ4v) is 4.63. The number of aromatic nitrogens is 4. The molecule has 8 heteroatoms. The lowest BCUT2D eigenvalue weighted by Crippen LogP contribution is -2.17. The second-order valence-electron chi connectivity index (χ2n) is 4.76. The van der Waals surface area contributed by atoms with Gasteiger partial charge in [0, 0.05) is 12.5 Å². The number of hydrogen-bond acceptors (Lipinski definition) is 5. The zero-order valence-corrected chi connectivity index (χ0v) is 15.2. The molecule has 2 aromatic heterocycles. The Hall–Kier alpha value is 0.0800. The van der Waals surface area contributed by atoms with Gasteiger partial charge in [-0.25, -0.2) is 4.98 Å². The minimum atomic E-state index is -0.00932. The van der Waals surface area contributed by atoms with Crippen molar-refractivity contribution in [3.8, 4) is 0 Å². The molecular weight excluding hydrogens is 400 g/mol. The molecule has 2 heterocycles. The van der Waals surface area contributed by atoms with E-state index in [2.05, 4.69) is 67.8 Å². The van der Waals surface area contributed by atoms with Gasteiger partial charge in [-0.15, -0.1) is 10.2 Å². The highest BCUT2D eigenvalue weighted by molar-refractivity contribution is 9.13. The van der Waals surface area contributed by atoms with Crippen LogP contribution in [0.3, 0.4) is 0 Å². The topological polar surface area (TPSA) is 43.6 Å². The van der Waals surface area contributed by atoms with E-state index in [0.29, 0.717) is 0 Å². The molecular formula is C10H12Br2N4S2. The van der Waals surface area contributed by atoms with Crippen molar-refractivity contribution in [1.29, 1.82) is 0 Å². The van der Waals surface area contributed by atoms with Crippen molar-refractivity contribution in [2.45, 2.75) is 35.7 Å². The van der Waals surface area contributed by atoms with Gasteiger partial charge in [-0.2, -0.15) is 0 Å². The summed E-state index contributed by atoms with van der Waals surface area (Å²) in [5.41, 5.74) is -0.00932. The van der Waals surface area contributed by atoms with Crippen molar-refractivity contribution >= 4 is 55.0 Å². The monoisotopic (exact) mass is 410 g/mol. The predicted octanol–water partition coefficient (Wildman–Crippen LogP) is 4.25. The molecule has 0 unspecified atom stereocenters. The summed E-state index contributed by atoms with van der Waals surface area (Å²) in [5, 5.41) is 9.34. The van der Waals surface area contributed by atoms with Crippen LogP contribution < -0.4 is 0 Å². The summed E-state index contributed by atoms with van der Waals surface area (Å²) in [5.74, 6) is 0.972. The van der Waals surface area contributed by atoms with Gasteiger partial charge in [0.2, 0.25) is 0 Å². The summed E-state index contributed by atoms with van der Waals surface area (Å²) in [6.07, 6.45) is 0. The Morgan fingerprint density at radius 2 is 1.89 bits per heavy atom. The molecule has 0 saturated carbocycles. The lowest BCUT2D eigenvalue weighted by molar-refractivity contribution is 0.513. The number of nitrogens with zero attached hydrogens (tertiary/aromatic N) is 4. The lowest BCUT2D eigenvalue weighted by atomic mass is 9.96. The molecule has 0 aliphatic rings. The quantitative estimate of drug-likeness (QED) is 0.740. The number of halogens is 2. The Morgan fingerprint density at radius 3 is 2.33 bits per heavy atom. The van der Waals surface area contributed by atoms with Gasteiger partial charge in [0.25, 0.3) is 0 Å². The Kier molecular flexibility index (Phi) is 4.20. The van der Waals surface area contributed by atoms with Gasteiger partial charge in [0.15, 0.2) is 9.50 Å². The first kappa shape index (κ1) is 14.5. The van der Waals surface area contributed by atoms with Crippen LogP contribution in [0.4, 0.5) is 0 Å². The van der Waals surface area contributed by atoms with Gasteiger partial charge in [-0.1, -0.05) is 32.1 Å². The highest BCUT2D eigenvalue weighted by Crippen LogP contribution is 2.37. The first-order valence-corrected chi connectivity index (χ1v) is 8.40. The third-order valence-corrected chi connectivity index (χ3v) is 6.38. The molecule has 0 aliphatic heterocycles. The summed E-state index contributed by atoms with van der Waals surface area (Å²) in [4.78, 5) is 4.39. The maximum Gasteiger partial charge on any atom is 0.198 e. The van der Waals surface area contributed by atoms with Crippen molar-refractivity contribution in [3.05, 3.63) is 14.2 Å². The molecule has 0 spiro atoms. The zero-order valence-electron chi connectivity index (χ0n) is 10.4. The largest absolute Gasteiger partial charge is 0.308 e. The first-order chi connectivity index (χ1) is 8.29. The van der Waals surface area contributed by atoms with Crippen LogP contribution in [-0.4, -0.2) is 19.7 Å². The summed E-state index contributed by atoms with van der Waals surface area (Å²) < 4.78 is 4.77. The average Bonchev–Trinajstić information content (AvgIpc) is 2.72. The molecule has 18 heavy (non-hydrogen) atoms. The average molecular weight is 412 g/mol. The third-order valence-electron chi connectivity index (χ3n) is 2.21. The minimum absolute atomic E-state index is 0.00932. The molecule has 0 aromatic carbocycles. The normalized spacial score (nSPS) is 12.1. The molecule has 98 valence electrons. The summed E-state index contributed by atoms with van der Waals surface area (Å²) in [6, 6.07) is 0. The van der Waals surface area contributed by atoms with Crippen molar-refractivity contribution in [2.75, 3.05) is 0 Å². The molecule has 2 rings (SSSR count). The number of thiazole rings is 1. The molecule has 0 fully saturated rings. The Labute approximate surface area is 131 Å². The lowest BCUT2D eigenvalue weighted by Gasteiger charge is -2.16. The van der Waals surface area contributed by atoms with E-state index in [9.17, 15) is 0 Å². The third kappa shape index (κ3) is 2.97. The smallest absolute Gasteiger partial charge is 0.198 e. The van der Waals surface area contributed by atoms with Crippen molar-refractivity contribution in [1.82, 2.24) is 19.7 Å². The van der Waals surface area contributed by atoms with Gasteiger partial charge in [0.05, 0.1) is 0 Å². The van der Waals surface area contributed by atoms with E-state index in [1.54, 1.807) is 11.3 Å². The minimum Gasteiger partial charge on any atom is -0.308 e. The van der Waals surface area contributed by atoms with Crippen LogP contribution in [-0.2, 0) is 12.5 Å². The standard InChI is InChI=1S/C10H12Br2N4S2/c1-10(2,3)7-14-15-8(16(7)4)18-9-13-5(11)6(12)17-9/h1-4H3. The van der Waals surface area contributed by atoms with E-state index in [-0.39, 0.29) is 5.41 Å². The van der Waals surface area contributed by atoms with Crippen LogP contribution in [0.25, 0.3) is 0 Å². The highest BCUT2D eigenvalue weighted by atomic mass is 79.9. The van der Waals surface area contributed by atoms with Gasteiger partial charge >= 0.3 is 0 Å². The van der Waals surface area contributed by atoms with E-state index in [1.165, 1.54) is 11.8 Å². The van der Waals surface area contributed by atoms with Crippen LogP contribution in [0.5, 0.6) is 0 Å². The number of rotatable bonds is 2. The Bertz CT molecular complexity index is 551. The fraction of sp³-hybridized carbons (Fsp3) is 0.500. The molecule has 2 aromatic rings. The van der Waals surface area contributed by atoms with Crippen LogP contribution in [0.2, 0.25) is 0 Å². The van der Waals surface area contributed by atoms with E-state index in [1.807, 2.05) is 11.6 Å². The SMILES string of the molecule is Cn1c(Sc2nc(Br)c(Br)s2)nnc1C(C)(C)C. The van der Waals surface area contributed by atoms with E-state index >= 15 is 0 Å². The maximum atomic E-state index is 4.39. The first-order valence-electron chi connectivity index (χ1n) is 5.18. The van der Waals surface area contributed by atoms with Crippen LogP contribution in [0.15, 0.2) is 17.9 Å². The molecule has 0 N–H and O–H groups in total. The van der Waals surface area contributed by atoms with Gasteiger partial charge in [0.1, 0.15) is 14.2 Å². The molecule has 0 aliphatic carbocycles. The van der Waals surface area contributed by atoms with E-state index < -0.39 is 0 Å². The molecule has 0 bridgehead atoms. The van der Waals surface area contributed by atoms with Gasteiger partial charge in [-0.3, -0.25) is 0 Å². The van der Waals surface area contributed by atoms with Crippen LogP contribution in [0.1, 0.15) is 26.6 Å². The molecule has 0 amide bonds. The maximum absolute atomic E-state index is 4.39. The number of hydrogen-bond donors (Lipinski definition) is 0. The Morgan fingerprint density at radius 1 is 1.22 bits per heavy atom. The van der Waals surface area contributed by atoms with Crippen molar-refractivity contribution in [3.63, 3.8) is 0 Å². The fourth-order valence-electron chi connectivity index (χ4n) is 1.44. The van der Waals surface area contributed by atoms with E-state index in [0.717, 1.165) is 23.7 Å². The van der Waals surface area contributed by atoms with E-state index in [4.69, 9.17) is 0 Å². The molecule has 0 saturated heterocycles. The molecule has 0 atom stereocenters.